The molecule has 2 atom stereocenters. The van der Waals surface area contributed by atoms with Gasteiger partial charge in [-0.05, 0) is 32.0 Å². The summed E-state index contributed by atoms with van der Waals surface area (Å²) < 4.78 is 17.9. The van der Waals surface area contributed by atoms with E-state index in [-0.39, 0.29) is 24.2 Å². The summed E-state index contributed by atoms with van der Waals surface area (Å²) >= 11 is 1.35. The maximum absolute atomic E-state index is 12.6. The zero-order valence-electron chi connectivity index (χ0n) is 16.5. The van der Waals surface area contributed by atoms with Crippen LogP contribution in [-0.2, 0) is 14.3 Å². The summed E-state index contributed by atoms with van der Waals surface area (Å²) in [5, 5.41) is 0.616. The second-order valence-electron chi connectivity index (χ2n) is 7.19. The minimum Gasteiger partial charge on any atom is -0.484 e. The SMILES string of the molecule is Cc1ccc(OC2CO[C@H]3CN(C(=O)CSc4nccc(C)n4)C[C@@H]3OC2)cn1. The van der Waals surface area contributed by atoms with E-state index in [0.29, 0.717) is 43.0 Å². The van der Waals surface area contributed by atoms with E-state index in [1.807, 2.05) is 32.0 Å². The van der Waals surface area contributed by atoms with Gasteiger partial charge in [-0.25, -0.2) is 9.97 Å². The minimum absolute atomic E-state index is 0.0407. The molecular weight excluding hydrogens is 392 g/mol. The lowest BCUT2D eigenvalue weighted by atomic mass is 10.3. The predicted octanol–water partition coefficient (Wildman–Crippen LogP) is 1.65. The first kappa shape index (κ1) is 20.1. The molecule has 29 heavy (non-hydrogen) atoms. The second-order valence-corrected chi connectivity index (χ2v) is 8.13. The molecule has 0 aromatic carbocycles. The number of fused-ring (bicyclic) bond motifs is 1. The van der Waals surface area contributed by atoms with Crippen LogP contribution >= 0.6 is 11.8 Å². The molecule has 0 aliphatic carbocycles. The number of amides is 1. The topological polar surface area (TPSA) is 86.7 Å². The van der Waals surface area contributed by atoms with Crippen LogP contribution in [0.15, 0.2) is 35.7 Å². The molecule has 0 unspecified atom stereocenters. The van der Waals surface area contributed by atoms with E-state index in [2.05, 4.69) is 15.0 Å². The highest BCUT2D eigenvalue weighted by Crippen LogP contribution is 2.23. The van der Waals surface area contributed by atoms with Gasteiger partial charge in [0.05, 0.1) is 25.2 Å². The first-order valence-corrected chi connectivity index (χ1v) is 10.6. The zero-order valence-corrected chi connectivity index (χ0v) is 17.3. The van der Waals surface area contributed by atoms with Gasteiger partial charge in [-0.2, -0.15) is 0 Å². The van der Waals surface area contributed by atoms with E-state index in [1.165, 1.54) is 11.8 Å². The molecule has 0 bridgehead atoms. The predicted molar refractivity (Wildman–Crippen MR) is 107 cm³/mol. The van der Waals surface area contributed by atoms with Crippen molar-refractivity contribution in [2.24, 2.45) is 0 Å². The molecule has 2 aliphatic heterocycles. The van der Waals surface area contributed by atoms with Crippen molar-refractivity contribution in [3.8, 4) is 5.75 Å². The van der Waals surface area contributed by atoms with Crippen LogP contribution in [0.5, 0.6) is 5.75 Å². The summed E-state index contributed by atoms with van der Waals surface area (Å²) in [6, 6.07) is 5.64. The summed E-state index contributed by atoms with van der Waals surface area (Å²) in [5.41, 5.74) is 1.83. The van der Waals surface area contributed by atoms with Crippen LogP contribution in [0, 0.1) is 13.8 Å². The Bertz CT molecular complexity index is 835. The van der Waals surface area contributed by atoms with E-state index < -0.39 is 0 Å². The number of nitrogens with zero attached hydrogens (tertiary/aromatic N) is 4. The molecule has 2 aliphatic rings. The monoisotopic (exact) mass is 416 g/mol. The Hall–Kier alpha value is -2.23. The molecular formula is C20H24N4O4S. The third-order valence-corrected chi connectivity index (χ3v) is 5.69. The Balaban J connectivity index is 1.26. The molecule has 9 heteroatoms. The number of hydrogen-bond acceptors (Lipinski definition) is 8. The average Bonchev–Trinajstić information content (AvgIpc) is 3.04. The molecule has 1 amide bonds. The van der Waals surface area contributed by atoms with Crippen molar-refractivity contribution < 1.29 is 19.0 Å². The van der Waals surface area contributed by atoms with Gasteiger partial charge in [0.25, 0.3) is 0 Å². The Kier molecular flexibility index (Phi) is 6.27. The van der Waals surface area contributed by atoms with Gasteiger partial charge in [0.1, 0.15) is 24.1 Å². The molecule has 0 radical (unpaired) electrons. The smallest absolute Gasteiger partial charge is 0.233 e. The number of likely N-dealkylation sites (tertiary alicyclic amines) is 1. The summed E-state index contributed by atoms with van der Waals surface area (Å²) in [4.78, 5) is 27.1. The number of thioether (sulfide) groups is 1. The van der Waals surface area contributed by atoms with Crippen LogP contribution in [0.4, 0.5) is 0 Å². The Morgan fingerprint density at radius 3 is 2.55 bits per heavy atom. The maximum atomic E-state index is 12.6. The molecule has 8 nitrogen and oxygen atoms in total. The summed E-state index contributed by atoms with van der Waals surface area (Å²) in [7, 11) is 0. The van der Waals surface area contributed by atoms with E-state index in [1.54, 1.807) is 17.3 Å². The van der Waals surface area contributed by atoms with E-state index in [0.717, 1.165) is 11.4 Å². The van der Waals surface area contributed by atoms with Gasteiger partial charge in [0, 0.05) is 30.7 Å². The number of aryl methyl sites for hydroxylation is 2. The molecule has 154 valence electrons. The number of pyridine rings is 1. The first-order chi connectivity index (χ1) is 14.1. The van der Waals surface area contributed by atoms with Crippen molar-refractivity contribution in [1.29, 1.82) is 0 Å². The van der Waals surface area contributed by atoms with Crippen molar-refractivity contribution in [2.45, 2.75) is 37.3 Å². The maximum Gasteiger partial charge on any atom is 0.233 e. The Morgan fingerprint density at radius 2 is 1.90 bits per heavy atom. The van der Waals surface area contributed by atoms with Crippen molar-refractivity contribution in [3.05, 3.63) is 42.0 Å². The number of aromatic nitrogens is 3. The van der Waals surface area contributed by atoms with Crippen molar-refractivity contribution >= 4 is 17.7 Å². The van der Waals surface area contributed by atoms with Gasteiger partial charge in [-0.1, -0.05) is 11.8 Å². The molecule has 0 saturated carbocycles. The van der Waals surface area contributed by atoms with Crippen molar-refractivity contribution in [2.75, 3.05) is 32.1 Å². The van der Waals surface area contributed by atoms with Crippen molar-refractivity contribution in [1.82, 2.24) is 19.9 Å². The average molecular weight is 417 g/mol. The standard InChI is InChI=1S/C20H24N4O4S/c1-13-3-4-15(7-22-13)28-16-10-26-17-8-24(9-18(17)27-11-16)19(25)12-29-20-21-6-5-14(2)23-20/h3-7,16-18H,8-12H2,1-2H3/t17-,18-/m0/s1. The van der Waals surface area contributed by atoms with Crippen LogP contribution in [0.2, 0.25) is 0 Å². The fraction of sp³-hybridized carbons (Fsp3) is 0.500. The molecule has 4 rings (SSSR count). The number of carbonyl (C=O) groups excluding carboxylic acids is 1. The van der Waals surface area contributed by atoms with Crippen LogP contribution in [-0.4, -0.2) is 76.1 Å². The number of hydrogen-bond donors (Lipinski definition) is 0. The molecule has 2 fully saturated rings. The summed E-state index contributed by atoms with van der Waals surface area (Å²) in [5.74, 6) is 1.04. The molecule has 0 N–H and O–H groups in total. The Labute approximate surface area is 174 Å². The van der Waals surface area contributed by atoms with Gasteiger partial charge >= 0.3 is 0 Å². The third kappa shape index (κ3) is 5.23. The Morgan fingerprint density at radius 1 is 1.14 bits per heavy atom. The number of carbonyl (C=O) groups is 1. The highest BCUT2D eigenvalue weighted by Gasteiger charge is 2.39. The number of rotatable bonds is 5. The molecule has 2 saturated heterocycles. The minimum atomic E-state index is -0.191. The lowest BCUT2D eigenvalue weighted by Gasteiger charge is -2.19. The van der Waals surface area contributed by atoms with Gasteiger partial charge in [-0.3, -0.25) is 9.78 Å². The molecule has 2 aromatic rings. The lowest BCUT2D eigenvalue weighted by molar-refractivity contribution is -0.128. The first-order valence-electron chi connectivity index (χ1n) is 9.59. The van der Waals surface area contributed by atoms with Crippen LogP contribution in [0.1, 0.15) is 11.4 Å². The fourth-order valence-electron chi connectivity index (χ4n) is 3.28. The van der Waals surface area contributed by atoms with Crippen molar-refractivity contribution in [3.63, 3.8) is 0 Å². The fourth-order valence-corrected chi connectivity index (χ4v) is 4.05. The largest absolute Gasteiger partial charge is 0.484 e. The van der Waals surface area contributed by atoms with E-state index in [4.69, 9.17) is 14.2 Å². The lowest BCUT2D eigenvalue weighted by Crippen LogP contribution is -2.33. The normalized spacial score (nSPS) is 22.2. The van der Waals surface area contributed by atoms with Gasteiger partial charge in [0.15, 0.2) is 5.16 Å². The molecule has 4 heterocycles. The highest BCUT2D eigenvalue weighted by atomic mass is 32.2. The molecule has 0 spiro atoms. The third-order valence-electron chi connectivity index (χ3n) is 4.84. The van der Waals surface area contributed by atoms with E-state index >= 15 is 0 Å². The van der Waals surface area contributed by atoms with Crippen LogP contribution in [0.3, 0.4) is 0 Å². The zero-order chi connectivity index (χ0) is 20.2. The van der Waals surface area contributed by atoms with Crippen LogP contribution < -0.4 is 4.74 Å². The highest BCUT2D eigenvalue weighted by molar-refractivity contribution is 7.99. The van der Waals surface area contributed by atoms with E-state index in [9.17, 15) is 4.79 Å². The van der Waals surface area contributed by atoms with Crippen LogP contribution in [0.25, 0.3) is 0 Å². The quantitative estimate of drug-likeness (QED) is 0.537. The number of ether oxygens (including phenoxy) is 3. The van der Waals surface area contributed by atoms with Gasteiger partial charge < -0.3 is 19.1 Å². The molecule has 2 aromatic heterocycles. The summed E-state index contributed by atoms with van der Waals surface area (Å²) in [6.45, 7) is 5.73. The summed E-state index contributed by atoms with van der Waals surface area (Å²) in [6.07, 6.45) is 2.95. The van der Waals surface area contributed by atoms with Gasteiger partial charge in [0.2, 0.25) is 5.91 Å². The second kappa shape index (κ2) is 9.06. The van der Waals surface area contributed by atoms with Gasteiger partial charge in [-0.15, -0.1) is 0 Å².